The molecule has 1 aromatic heterocycles. The summed E-state index contributed by atoms with van der Waals surface area (Å²) in [6, 6.07) is 2.70. The minimum absolute atomic E-state index is 0.116. The van der Waals surface area contributed by atoms with Crippen molar-refractivity contribution in [2.75, 3.05) is 0 Å². The van der Waals surface area contributed by atoms with Crippen molar-refractivity contribution in [3.8, 4) is 0 Å². The molecule has 6 heteroatoms. The fourth-order valence-corrected chi connectivity index (χ4v) is 1.83. The number of aryl methyl sites for hydroxylation is 2. The lowest BCUT2D eigenvalue weighted by Gasteiger charge is -2.15. The second kappa shape index (κ2) is 4.97. The number of hydrogen-bond acceptors (Lipinski definition) is 3. The normalized spacial score (nSPS) is 12.5. The number of nitrogens with zero attached hydrogens (tertiary/aromatic N) is 2. The summed E-state index contributed by atoms with van der Waals surface area (Å²) in [7, 11) is 0. The third kappa shape index (κ3) is 2.44. The van der Waals surface area contributed by atoms with Crippen molar-refractivity contribution >= 4 is 0 Å². The zero-order valence-corrected chi connectivity index (χ0v) is 10.4. The highest BCUT2D eigenvalue weighted by molar-refractivity contribution is 5.35. The monoisotopic (exact) mass is 267 g/mol. The van der Waals surface area contributed by atoms with E-state index in [0.29, 0.717) is 17.0 Å². The van der Waals surface area contributed by atoms with Crippen LogP contribution in [0.25, 0.3) is 0 Å². The largest absolute Gasteiger partial charge is 0.320 e. The van der Waals surface area contributed by atoms with Crippen LogP contribution in [-0.2, 0) is 0 Å². The first-order valence-corrected chi connectivity index (χ1v) is 5.61. The minimum atomic E-state index is -1.52. The predicted molar refractivity (Wildman–Crippen MR) is 63.9 cm³/mol. The molecule has 1 aromatic carbocycles. The first-order valence-electron chi connectivity index (χ1n) is 5.61. The molecule has 0 saturated carbocycles. The van der Waals surface area contributed by atoms with E-state index < -0.39 is 23.5 Å². The number of hydrogen-bond donors (Lipinski definition) is 1. The van der Waals surface area contributed by atoms with E-state index in [1.807, 2.05) is 0 Å². The first-order chi connectivity index (χ1) is 8.91. The fourth-order valence-electron chi connectivity index (χ4n) is 1.83. The molecule has 0 amide bonds. The molecule has 0 aliphatic carbocycles. The van der Waals surface area contributed by atoms with E-state index in [1.165, 1.54) is 0 Å². The van der Waals surface area contributed by atoms with Crippen molar-refractivity contribution in [2.45, 2.75) is 19.9 Å². The van der Waals surface area contributed by atoms with Crippen molar-refractivity contribution < 1.29 is 13.2 Å². The first kappa shape index (κ1) is 13.5. The summed E-state index contributed by atoms with van der Waals surface area (Å²) >= 11 is 0. The van der Waals surface area contributed by atoms with Gasteiger partial charge in [0.2, 0.25) is 0 Å². The Kier molecular flexibility index (Phi) is 3.53. The lowest BCUT2D eigenvalue weighted by atomic mass is 9.97. The van der Waals surface area contributed by atoms with E-state index in [0.717, 1.165) is 12.1 Å². The van der Waals surface area contributed by atoms with Crippen molar-refractivity contribution in [1.82, 2.24) is 10.2 Å². The molecule has 1 atom stereocenters. The molecular formula is C13H12F3N3. The van der Waals surface area contributed by atoms with Gasteiger partial charge in [0.15, 0.2) is 17.5 Å². The van der Waals surface area contributed by atoms with Crippen LogP contribution in [-0.4, -0.2) is 10.2 Å². The van der Waals surface area contributed by atoms with Gasteiger partial charge in [0, 0.05) is 5.56 Å². The van der Waals surface area contributed by atoms with E-state index in [9.17, 15) is 13.2 Å². The quantitative estimate of drug-likeness (QED) is 0.851. The average molecular weight is 267 g/mol. The van der Waals surface area contributed by atoms with Gasteiger partial charge in [-0.2, -0.15) is 10.2 Å². The molecule has 2 N–H and O–H groups in total. The maximum atomic E-state index is 13.7. The SMILES string of the molecule is Cc1cc(C(N)c2ccc(F)c(F)c2F)c(C)nn1. The Balaban J connectivity index is 2.53. The number of halogens is 3. The van der Waals surface area contributed by atoms with Crippen LogP contribution in [0, 0.1) is 31.3 Å². The summed E-state index contributed by atoms with van der Waals surface area (Å²) in [5, 5.41) is 7.71. The smallest absolute Gasteiger partial charge is 0.194 e. The predicted octanol–water partition coefficient (Wildman–Crippen LogP) is 2.56. The minimum Gasteiger partial charge on any atom is -0.320 e. The number of benzene rings is 1. The van der Waals surface area contributed by atoms with Gasteiger partial charge in [-0.25, -0.2) is 13.2 Å². The molecule has 100 valence electrons. The van der Waals surface area contributed by atoms with Gasteiger partial charge in [0.05, 0.1) is 17.4 Å². The van der Waals surface area contributed by atoms with E-state index in [4.69, 9.17) is 5.73 Å². The maximum Gasteiger partial charge on any atom is 0.194 e. The standard InChI is InChI=1S/C13H12F3N3/c1-6-5-9(7(2)19-18-6)13(17)8-3-4-10(14)12(16)11(8)15/h3-5,13H,17H2,1-2H3. The summed E-state index contributed by atoms with van der Waals surface area (Å²) in [6.45, 7) is 3.38. The fraction of sp³-hybridized carbons (Fsp3) is 0.231. The number of rotatable bonds is 2. The molecule has 0 bridgehead atoms. The van der Waals surface area contributed by atoms with Crippen LogP contribution in [0.5, 0.6) is 0 Å². The Morgan fingerprint density at radius 1 is 1.00 bits per heavy atom. The molecule has 19 heavy (non-hydrogen) atoms. The van der Waals surface area contributed by atoms with E-state index >= 15 is 0 Å². The molecule has 3 nitrogen and oxygen atoms in total. The van der Waals surface area contributed by atoms with Crippen LogP contribution in [0.2, 0.25) is 0 Å². The van der Waals surface area contributed by atoms with Crippen LogP contribution < -0.4 is 5.73 Å². The van der Waals surface area contributed by atoms with Gasteiger partial charge in [0.1, 0.15) is 0 Å². The molecule has 0 aliphatic heterocycles. The molecule has 0 spiro atoms. The number of nitrogens with two attached hydrogens (primary N) is 1. The van der Waals surface area contributed by atoms with Gasteiger partial charge in [-0.1, -0.05) is 6.07 Å². The van der Waals surface area contributed by atoms with Gasteiger partial charge < -0.3 is 5.73 Å². The van der Waals surface area contributed by atoms with Crippen LogP contribution >= 0.6 is 0 Å². The average Bonchev–Trinajstić information content (AvgIpc) is 2.38. The van der Waals surface area contributed by atoms with Gasteiger partial charge >= 0.3 is 0 Å². The lowest BCUT2D eigenvalue weighted by Crippen LogP contribution is -2.17. The van der Waals surface area contributed by atoms with Crippen LogP contribution in [0.3, 0.4) is 0 Å². The summed E-state index contributed by atoms with van der Waals surface area (Å²) in [5.74, 6) is -4.04. The Bertz CT molecular complexity index is 629. The van der Waals surface area contributed by atoms with Crippen LogP contribution in [0.15, 0.2) is 18.2 Å². The van der Waals surface area contributed by atoms with Gasteiger partial charge in [0.25, 0.3) is 0 Å². The molecule has 2 aromatic rings. The second-order valence-corrected chi connectivity index (χ2v) is 4.27. The van der Waals surface area contributed by atoms with E-state index in [-0.39, 0.29) is 5.56 Å². The van der Waals surface area contributed by atoms with Crippen molar-refractivity contribution in [2.24, 2.45) is 5.73 Å². The highest BCUT2D eigenvalue weighted by Gasteiger charge is 2.21. The number of aromatic nitrogens is 2. The van der Waals surface area contributed by atoms with Gasteiger partial charge in [-0.05, 0) is 31.5 Å². The Morgan fingerprint density at radius 2 is 1.68 bits per heavy atom. The maximum absolute atomic E-state index is 13.7. The molecular weight excluding hydrogens is 255 g/mol. The molecule has 0 fully saturated rings. The molecule has 1 unspecified atom stereocenters. The Morgan fingerprint density at radius 3 is 2.37 bits per heavy atom. The van der Waals surface area contributed by atoms with Crippen molar-refractivity contribution in [1.29, 1.82) is 0 Å². The van der Waals surface area contributed by atoms with Crippen LogP contribution in [0.4, 0.5) is 13.2 Å². The highest BCUT2D eigenvalue weighted by Crippen LogP contribution is 2.26. The summed E-state index contributed by atoms with van der Waals surface area (Å²) in [4.78, 5) is 0. The van der Waals surface area contributed by atoms with Gasteiger partial charge in [-0.3, -0.25) is 0 Å². The molecule has 1 heterocycles. The van der Waals surface area contributed by atoms with Crippen molar-refractivity contribution in [3.63, 3.8) is 0 Å². The molecule has 0 saturated heterocycles. The Hall–Kier alpha value is -1.95. The molecule has 0 aliphatic rings. The van der Waals surface area contributed by atoms with Crippen molar-refractivity contribution in [3.05, 3.63) is 58.2 Å². The third-order valence-electron chi connectivity index (χ3n) is 2.88. The summed E-state index contributed by atoms with van der Waals surface area (Å²) < 4.78 is 39.8. The molecule has 2 rings (SSSR count). The highest BCUT2D eigenvalue weighted by atomic mass is 19.2. The summed E-state index contributed by atoms with van der Waals surface area (Å²) in [5.41, 5.74) is 7.44. The third-order valence-corrected chi connectivity index (χ3v) is 2.88. The summed E-state index contributed by atoms with van der Waals surface area (Å²) in [6.07, 6.45) is 0. The topological polar surface area (TPSA) is 51.8 Å². The molecule has 0 radical (unpaired) electrons. The van der Waals surface area contributed by atoms with Gasteiger partial charge in [-0.15, -0.1) is 0 Å². The second-order valence-electron chi connectivity index (χ2n) is 4.27. The lowest BCUT2D eigenvalue weighted by molar-refractivity contribution is 0.438. The van der Waals surface area contributed by atoms with Crippen LogP contribution in [0.1, 0.15) is 28.6 Å². The van der Waals surface area contributed by atoms with E-state index in [1.54, 1.807) is 19.9 Å². The zero-order valence-electron chi connectivity index (χ0n) is 10.4. The Labute approximate surface area is 108 Å². The van der Waals surface area contributed by atoms with E-state index in [2.05, 4.69) is 10.2 Å². The zero-order chi connectivity index (χ0) is 14.2.